The maximum Gasteiger partial charge on any atom is 0.0237 e. The summed E-state index contributed by atoms with van der Waals surface area (Å²) in [6.07, 6.45) is 1.26. The second kappa shape index (κ2) is 5.80. The van der Waals surface area contributed by atoms with E-state index < -0.39 is 0 Å². The van der Waals surface area contributed by atoms with Crippen molar-refractivity contribution in [1.82, 2.24) is 10.2 Å². The Hall–Kier alpha value is -0.640. The lowest BCUT2D eigenvalue weighted by Gasteiger charge is -2.28. The maximum atomic E-state index is 3.45. The average Bonchev–Trinajstić information content (AvgIpc) is 2.77. The highest BCUT2D eigenvalue weighted by Crippen LogP contribution is 2.21. The van der Waals surface area contributed by atoms with Crippen LogP contribution in [0.3, 0.4) is 0 Å². The summed E-state index contributed by atoms with van der Waals surface area (Å²) in [6, 6.07) is 10.8. The van der Waals surface area contributed by atoms with E-state index in [9.17, 15) is 0 Å². The molecule has 0 saturated carbocycles. The highest BCUT2D eigenvalue weighted by Gasteiger charge is 2.21. The van der Waals surface area contributed by atoms with E-state index in [1.807, 2.05) is 0 Å². The fraction of sp³-hybridized carbons (Fsp3) is 0.429. The van der Waals surface area contributed by atoms with Crippen molar-refractivity contribution in [2.24, 2.45) is 0 Å². The van der Waals surface area contributed by atoms with Gasteiger partial charge in [-0.15, -0.1) is 17.0 Å². The van der Waals surface area contributed by atoms with Crippen LogP contribution in [0.1, 0.15) is 12.0 Å². The molecule has 0 unspecified atom stereocenters. The van der Waals surface area contributed by atoms with E-state index in [4.69, 9.17) is 0 Å². The van der Waals surface area contributed by atoms with Crippen molar-refractivity contribution in [2.75, 3.05) is 26.2 Å². The summed E-state index contributed by atoms with van der Waals surface area (Å²) in [5.41, 5.74) is 4.74. The van der Waals surface area contributed by atoms with Gasteiger partial charge in [0.1, 0.15) is 0 Å². The third-order valence-corrected chi connectivity index (χ3v) is 3.57. The summed E-state index contributed by atoms with van der Waals surface area (Å²) in [4.78, 5) is 2.56. The molecule has 0 atom stereocenters. The zero-order valence-corrected chi connectivity index (χ0v) is 11.7. The predicted molar refractivity (Wildman–Crippen MR) is 76.6 cm³/mol. The van der Waals surface area contributed by atoms with Gasteiger partial charge in [-0.1, -0.05) is 35.9 Å². The van der Waals surface area contributed by atoms with E-state index in [0.29, 0.717) is 0 Å². The van der Waals surface area contributed by atoms with Gasteiger partial charge in [-0.2, -0.15) is 0 Å². The average molecular weight is 295 g/mol. The lowest BCUT2D eigenvalue weighted by atomic mass is 10.0. The smallest absolute Gasteiger partial charge is 0.0237 e. The van der Waals surface area contributed by atoms with Crippen LogP contribution >= 0.6 is 17.0 Å². The number of benzene rings is 1. The highest BCUT2D eigenvalue weighted by atomic mass is 79.9. The summed E-state index contributed by atoms with van der Waals surface area (Å²) < 4.78 is 0. The minimum absolute atomic E-state index is 0. The second-order valence-corrected chi connectivity index (χ2v) is 4.76. The fourth-order valence-electron chi connectivity index (χ4n) is 2.67. The van der Waals surface area contributed by atoms with Gasteiger partial charge in [-0.25, -0.2) is 0 Å². The fourth-order valence-corrected chi connectivity index (χ4v) is 2.67. The molecule has 17 heavy (non-hydrogen) atoms. The normalized spacial score (nSPS) is 20.0. The quantitative estimate of drug-likeness (QED) is 0.843. The van der Waals surface area contributed by atoms with Gasteiger partial charge in [0.05, 0.1) is 0 Å². The first-order valence-electron chi connectivity index (χ1n) is 6.08. The van der Waals surface area contributed by atoms with Gasteiger partial charge in [0.15, 0.2) is 0 Å². The van der Waals surface area contributed by atoms with Crippen LogP contribution in [0.25, 0.3) is 0 Å². The van der Waals surface area contributed by atoms with Crippen LogP contribution in [0.5, 0.6) is 0 Å². The molecule has 3 rings (SSSR count). The summed E-state index contributed by atoms with van der Waals surface area (Å²) in [5.74, 6) is 0. The van der Waals surface area contributed by atoms with Crippen molar-refractivity contribution in [3.8, 4) is 0 Å². The summed E-state index contributed by atoms with van der Waals surface area (Å²) in [6.45, 7) is 5.72. The SMILES string of the molecule is Br.c1ccc(CN2CCC3=C(CNC3)C2)cc1. The van der Waals surface area contributed by atoms with Gasteiger partial charge in [-0.3, -0.25) is 4.90 Å². The van der Waals surface area contributed by atoms with Crippen molar-refractivity contribution >= 4 is 17.0 Å². The van der Waals surface area contributed by atoms with Crippen LogP contribution in [0, 0.1) is 0 Å². The van der Waals surface area contributed by atoms with E-state index in [1.165, 1.54) is 18.5 Å². The molecular weight excluding hydrogens is 276 g/mol. The van der Waals surface area contributed by atoms with Crippen LogP contribution in [-0.2, 0) is 6.54 Å². The van der Waals surface area contributed by atoms with Crippen LogP contribution in [-0.4, -0.2) is 31.1 Å². The van der Waals surface area contributed by atoms with Gasteiger partial charge < -0.3 is 5.32 Å². The third kappa shape index (κ3) is 2.97. The van der Waals surface area contributed by atoms with Crippen molar-refractivity contribution < 1.29 is 0 Å². The molecule has 3 heteroatoms. The molecule has 2 aliphatic heterocycles. The Bertz CT molecular complexity index is 400. The Kier molecular flexibility index (Phi) is 4.37. The third-order valence-electron chi connectivity index (χ3n) is 3.57. The zero-order chi connectivity index (χ0) is 10.8. The van der Waals surface area contributed by atoms with Crippen molar-refractivity contribution in [1.29, 1.82) is 0 Å². The molecule has 2 nitrogen and oxygen atoms in total. The van der Waals surface area contributed by atoms with Gasteiger partial charge >= 0.3 is 0 Å². The lowest BCUT2D eigenvalue weighted by Crippen LogP contribution is -2.31. The Morgan fingerprint density at radius 2 is 1.82 bits per heavy atom. The molecule has 1 aromatic carbocycles. The molecule has 0 saturated heterocycles. The number of hydrogen-bond donors (Lipinski definition) is 1. The lowest BCUT2D eigenvalue weighted by molar-refractivity contribution is 0.278. The van der Waals surface area contributed by atoms with Gasteiger partial charge in [0.25, 0.3) is 0 Å². The van der Waals surface area contributed by atoms with E-state index in [-0.39, 0.29) is 17.0 Å². The first-order valence-corrected chi connectivity index (χ1v) is 6.08. The maximum absolute atomic E-state index is 3.45. The van der Waals surface area contributed by atoms with Crippen molar-refractivity contribution in [2.45, 2.75) is 13.0 Å². The Morgan fingerprint density at radius 3 is 2.65 bits per heavy atom. The van der Waals surface area contributed by atoms with E-state index >= 15 is 0 Å². The standard InChI is InChI=1S/C14H18N2.BrH/c1-2-4-12(5-3-1)10-16-7-6-13-8-15-9-14(13)11-16;/h1-5,15H,6-11H2;1H. The van der Waals surface area contributed by atoms with Crippen LogP contribution in [0.2, 0.25) is 0 Å². The molecule has 0 aromatic heterocycles. The Balaban J connectivity index is 0.00000108. The minimum Gasteiger partial charge on any atom is -0.309 e. The molecule has 1 aromatic rings. The van der Waals surface area contributed by atoms with Crippen LogP contribution in [0.4, 0.5) is 0 Å². The Morgan fingerprint density at radius 1 is 1.06 bits per heavy atom. The first-order chi connectivity index (χ1) is 7.92. The molecule has 2 aliphatic rings. The van der Waals surface area contributed by atoms with Crippen LogP contribution < -0.4 is 5.32 Å². The van der Waals surface area contributed by atoms with E-state index in [1.54, 1.807) is 11.1 Å². The minimum atomic E-state index is 0. The molecule has 0 spiro atoms. The molecule has 2 heterocycles. The van der Waals surface area contributed by atoms with E-state index in [0.717, 1.165) is 26.2 Å². The number of nitrogens with zero attached hydrogens (tertiary/aromatic N) is 1. The number of rotatable bonds is 2. The monoisotopic (exact) mass is 294 g/mol. The van der Waals surface area contributed by atoms with E-state index in [2.05, 4.69) is 40.5 Å². The number of nitrogens with one attached hydrogen (secondary N) is 1. The zero-order valence-electron chi connectivity index (χ0n) is 9.98. The molecule has 0 radical (unpaired) electrons. The van der Waals surface area contributed by atoms with Crippen molar-refractivity contribution in [3.63, 3.8) is 0 Å². The summed E-state index contributed by atoms with van der Waals surface area (Å²) in [7, 11) is 0. The number of halogens is 1. The van der Waals surface area contributed by atoms with Crippen LogP contribution in [0.15, 0.2) is 41.5 Å². The summed E-state index contributed by atoms with van der Waals surface area (Å²) in [5, 5.41) is 3.45. The molecular formula is C14H19BrN2. The second-order valence-electron chi connectivity index (χ2n) is 4.76. The van der Waals surface area contributed by atoms with Gasteiger partial charge in [0.2, 0.25) is 0 Å². The molecule has 0 aliphatic carbocycles. The number of hydrogen-bond acceptors (Lipinski definition) is 2. The molecule has 0 bridgehead atoms. The predicted octanol–water partition coefficient (Wildman–Crippen LogP) is 2.37. The van der Waals surface area contributed by atoms with Gasteiger partial charge in [-0.05, 0) is 17.6 Å². The topological polar surface area (TPSA) is 15.3 Å². The largest absolute Gasteiger partial charge is 0.309 e. The molecule has 0 fully saturated rings. The molecule has 92 valence electrons. The highest BCUT2D eigenvalue weighted by molar-refractivity contribution is 8.93. The molecule has 0 amide bonds. The first kappa shape index (κ1) is 12.8. The Labute approximate surface area is 113 Å². The molecule has 1 N–H and O–H groups in total. The van der Waals surface area contributed by atoms with Gasteiger partial charge in [0, 0.05) is 32.7 Å². The van der Waals surface area contributed by atoms with Crippen molar-refractivity contribution in [3.05, 3.63) is 47.0 Å². The summed E-state index contributed by atoms with van der Waals surface area (Å²) >= 11 is 0.